The minimum absolute atomic E-state index is 0.194. The Morgan fingerprint density at radius 1 is 1.04 bits per heavy atom. The van der Waals surface area contributed by atoms with E-state index < -0.39 is 0 Å². The molecular formula is C20H35NO2. The standard InChI is InChI=1S/C20H35NO2/c1-13(2)18-12-16-6-5-7-17(16)21(18)20(22)19(14(3)4)15-8-10-23-11-9-15/h13-19H,5-12H2,1-4H3/t16?,17?,18-,19?/m0/s1. The van der Waals surface area contributed by atoms with Gasteiger partial charge in [-0.05, 0) is 55.8 Å². The lowest BCUT2D eigenvalue weighted by Gasteiger charge is -2.40. The van der Waals surface area contributed by atoms with Gasteiger partial charge in [-0.2, -0.15) is 0 Å². The maximum atomic E-state index is 13.6. The molecule has 2 heterocycles. The van der Waals surface area contributed by atoms with E-state index in [1.807, 2.05) is 0 Å². The average molecular weight is 322 g/mol. The number of fused-ring (bicyclic) bond motifs is 1. The van der Waals surface area contributed by atoms with Crippen molar-refractivity contribution in [3.63, 3.8) is 0 Å². The number of likely N-dealkylation sites (tertiary alicyclic amines) is 1. The Bertz CT molecular complexity index is 414. The maximum absolute atomic E-state index is 13.6. The van der Waals surface area contributed by atoms with Gasteiger partial charge < -0.3 is 9.64 Å². The highest BCUT2D eigenvalue weighted by Gasteiger charge is 2.49. The van der Waals surface area contributed by atoms with Gasteiger partial charge >= 0.3 is 0 Å². The van der Waals surface area contributed by atoms with Gasteiger partial charge in [0.15, 0.2) is 0 Å². The van der Waals surface area contributed by atoms with Crippen LogP contribution in [0.3, 0.4) is 0 Å². The first-order valence-electron chi connectivity index (χ1n) is 9.90. The number of hydrogen-bond acceptors (Lipinski definition) is 2. The Balaban J connectivity index is 1.82. The lowest BCUT2D eigenvalue weighted by molar-refractivity contribution is -0.144. The summed E-state index contributed by atoms with van der Waals surface area (Å²) in [5.74, 6) is 2.96. The maximum Gasteiger partial charge on any atom is 0.226 e. The SMILES string of the molecule is CC(C)C(C(=O)N1C2CCCC2C[C@H]1C(C)C)C1CCOCC1. The molecule has 0 N–H and O–H groups in total. The summed E-state index contributed by atoms with van der Waals surface area (Å²) in [7, 11) is 0. The Morgan fingerprint density at radius 3 is 2.35 bits per heavy atom. The van der Waals surface area contributed by atoms with Crippen molar-refractivity contribution in [1.29, 1.82) is 0 Å². The van der Waals surface area contributed by atoms with Gasteiger partial charge in [0.2, 0.25) is 5.91 Å². The van der Waals surface area contributed by atoms with Crippen LogP contribution in [0.25, 0.3) is 0 Å². The number of nitrogens with zero attached hydrogens (tertiary/aromatic N) is 1. The molecule has 0 aromatic heterocycles. The molecule has 2 saturated heterocycles. The molecule has 3 heteroatoms. The van der Waals surface area contributed by atoms with E-state index >= 15 is 0 Å². The Morgan fingerprint density at radius 2 is 1.74 bits per heavy atom. The number of hydrogen-bond donors (Lipinski definition) is 0. The van der Waals surface area contributed by atoms with Crippen LogP contribution >= 0.6 is 0 Å². The van der Waals surface area contributed by atoms with Crippen LogP contribution in [-0.2, 0) is 9.53 Å². The second-order valence-corrected chi connectivity index (χ2v) is 8.77. The van der Waals surface area contributed by atoms with Gasteiger partial charge in [0.1, 0.15) is 0 Å². The molecule has 3 fully saturated rings. The number of ether oxygens (including phenoxy) is 1. The lowest BCUT2D eigenvalue weighted by Crippen LogP contribution is -2.49. The second-order valence-electron chi connectivity index (χ2n) is 8.77. The number of carbonyl (C=O) groups excluding carboxylic acids is 1. The van der Waals surface area contributed by atoms with Crippen LogP contribution < -0.4 is 0 Å². The quantitative estimate of drug-likeness (QED) is 0.780. The molecule has 132 valence electrons. The fraction of sp³-hybridized carbons (Fsp3) is 0.950. The molecule has 3 nitrogen and oxygen atoms in total. The van der Waals surface area contributed by atoms with Gasteiger partial charge in [0.25, 0.3) is 0 Å². The normalized spacial score (nSPS) is 33.5. The Hall–Kier alpha value is -0.570. The van der Waals surface area contributed by atoms with E-state index in [1.165, 1.54) is 25.7 Å². The third-order valence-corrected chi connectivity index (χ3v) is 6.68. The van der Waals surface area contributed by atoms with Crippen molar-refractivity contribution < 1.29 is 9.53 Å². The number of rotatable bonds is 4. The molecule has 3 aliphatic rings. The summed E-state index contributed by atoms with van der Waals surface area (Å²) in [5.41, 5.74) is 0. The third-order valence-electron chi connectivity index (χ3n) is 6.68. The fourth-order valence-electron chi connectivity index (χ4n) is 5.53. The zero-order chi connectivity index (χ0) is 16.6. The van der Waals surface area contributed by atoms with E-state index in [-0.39, 0.29) is 5.92 Å². The van der Waals surface area contributed by atoms with E-state index in [2.05, 4.69) is 32.6 Å². The monoisotopic (exact) mass is 321 g/mol. The van der Waals surface area contributed by atoms with Gasteiger partial charge in [0, 0.05) is 31.2 Å². The summed E-state index contributed by atoms with van der Waals surface area (Å²) in [6.45, 7) is 10.7. The fourth-order valence-corrected chi connectivity index (χ4v) is 5.53. The molecule has 0 aromatic carbocycles. The smallest absolute Gasteiger partial charge is 0.226 e. The molecule has 0 spiro atoms. The Kier molecular flexibility index (Phi) is 5.35. The molecule has 0 radical (unpaired) electrons. The molecule has 4 atom stereocenters. The van der Waals surface area contributed by atoms with Gasteiger partial charge in [-0.15, -0.1) is 0 Å². The summed E-state index contributed by atoms with van der Waals surface area (Å²) >= 11 is 0. The molecule has 3 rings (SSSR count). The summed E-state index contributed by atoms with van der Waals surface area (Å²) < 4.78 is 5.54. The van der Waals surface area contributed by atoms with Gasteiger partial charge in [-0.3, -0.25) is 4.79 Å². The first-order valence-corrected chi connectivity index (χ1v) is 9.90. The van der Waals surface area contributed by atoms with Crippen molar-refractivity contribution in [3.8, 4) is 0 Å². The first-order chi connectivity index (χ1) is 11.0. The van der Waals surface area contributed by atoms with E-state index in [0.29, 0.717) is 35.7 Å². The highest BCUT2D eigenvalue weighted by molar-refractivity contribution is 5.80. The van der Waals surface area contributed by atoms with Crippen molar-refractivity contribution in [3.05, 3.63) is 0 Å². The molecule has 3 unspecified atom stereocenters. The highest BCUT2D eigenvalue weighted by atomic mass is 16.5. The first kappa shape index (κ1) is 17.3. The lowest BCUT2D eigenvalue weighted by atomic mass is 9.77. The van der Waals surface area contributed by atoms with Gasteiger partial charge in [-0.1, -0.05) is 34.1 Å². The van der Waals surface area contributed by atoms with Crippen LogP contribution in [0.1, 0.15) is 66.2 Å². The minimum Gasteiger partial charge on any atom is -0.381 e. The molecular weight excluding hydrogens is 286 g/mol. The number of carbonyl (C=O) groups is 1. The van der Waals surface area contributed by atoms with Crippen molar-refractivity contribution >= 4 is 5.91 Å². The van der Waals surface area contributed by atoms with Crippen LogP contribution in [-0.4, -0.2) is 36.1 Å². The molecule has 2 aliphatic heterocycles. The zero-order valence-corrected chi connectivity index (χ0v) is 15.5. The van der Waals surface area contributed by atoms with Crippen molar-refractivity contribution in [1.82, 2.24) is 4.90 Å². The Labute approximate surface area is 142 Å². The van der Waals surface area contributed by atoms with E-state index in [9.17, 15) is 4.79 Å². The van der Waals surface area contributed by atoms with Gasteiger partial charge in [0.05, 0.1) is 0 Å². The molecule has 1 aliphatic carbocycles. The minimum atomic E-state index is 0.194. The molecule has 1 saturated carbocycles. The second kappa shape index (κ2) is 7.13. The summed E-state index contributed by atoms with van der Waals surface area (Å²) in [6, 6.07) is 1.01. The predicted molar refractivity (Wildman–Crippen MR) is 93.1 cm³/mol. The van der Waals surface area contributed by atoms with E-state index in [4.69, 9.17) is 4.74 Å². The summed E-state index contributed by atoms with van der Waals surface area (Å²) in [5, 5.41) is 0. The average Bonchev–Trinajstić information content (AvgIpc) is 3.08. The van der Waals surface area contributed by atoms with Crippen molar-refractivity contribution in [2.45, 2.75) is 78.3 Å². The van der Waals surface area contributed by atoms with Crippen LogP contribution in [0.4, 0.5) is 0 Å². The van der Waals surface area contributed by atoms with Crippen LogP contribution in [0, 0.1) is 29.6 Å². The predicted octanol–water partition coefficient (Wildman–Crippen LogP) is 4.11. The largest absolute Gasteiger partial charge is 0.381 e. The van der Waals surface area contributed by atoms with Gasteiger partial charge in [-0.25, -0.2) is 0 Å². The molecule has 0 bridgehead atoms. The van der Waals surface area contributed by atoms with E-state index in [0.717, 1.165) is 32.0 Å². The number of amides is 1. The summed E-state index contributed by atoms with van der Waals surface area (Å²) in [6.07, 6.45) is 7.24. The third kappa shape index (κ3) is 3.31. The summed E-state index contributed by atoms with van der Waals surface area (Å²) in [4.78, 5) is 16.0. The van der Waals surface area contributed by atoms with E-state index in [1.54, 1.807) is 0 Å². The molecule has 0 aromatic rings. The topological polar surface area (TPSA) is 29.5 Å². The highest BCUT2D eigenvalue weighted by Crippen LogP contribution is 2.45. The van der Waals surface area contributed by atoms with Crippen LogP contribution in [0.2, 0.25) is 0 Å². The molecule has 23 heavy (non-hydrogen) atoms. The van der Waals surface area contributed by atoms with Crippen molar-refractivity contribution in [2.24, 2.45) is 29.6 Å². The molecule has 1 amide bonds. The van der Waals surface area contributed by atoms with Crippen molar-refractivity contribution in [2.75, 3.05) is 13.2 Å². The van der Waals surface area contributed by atoms with Crippen LogP contribution in [0.15, 0.2) is 0 Å². The zero-order valence-electron chi connectivity index (χ0n) is 15.5. The van der Waals surface area contributed by atoms with Crippen LogP contribution in [0.5, 0.6) is 0 Å².